The van der Waals surface area contributed by atoms with Crippen LogP contribution in [0.4, 0.5) is 11.5 Å². The smallest absolute Gasteiger partial charge is 0.252 e. The number of aromatic nitrogens is 1. The van der Waals surface area contributed by atoms with Gasteiger partial charge in [-0.2, -0.15) is 0 Å². The van der Waals surface area contributed by atoms with E-state index in [0.717, 1.165) is 0 Å². The van der Waals surface area contributed by atoms with E-state index in [1.54, 1.807) is 13.2 Å². The van der Waals surface area contributed by atoms with Crippen molar-refractivity contribution in [3.05, 3.63) is 17.8 Å². The predicted molar refractivity (Wildman–Crippen MR) is 71.5 cm³/mol. The van der Waals surface area contributed by atoms with Gasteiger partial charge in [0.1, 0.15) is 5.82 Å². The lowest BCUT2D eigenvalue weighted by atomic mass is 10.2. The lowest BCUT2D eigenvalue weighted by Gasteiger charge is -2.29. The summed E-state index contributed by atoms with van der Waals surface area (Å²) < 4.78 is 5.12. The zero-order valence-corrected chi connectivity index (χ0v) is 11.0. The molecule has 1 amide bonds. The third-order valence-corrected chi connectivity index (χ3v) is 2.71. The highest BCUT2D eigenvalue weighted by Crippen LogP contribution is 2.21. The average molecular weight is 252 g/mol. The van der Waals surface area contributed by atoms with Crippen LogP contribution in [-0.4, -0.2) is 37.2 Å². The summed E-state index contributed by atoms with van der Waals surface area (Å²) in [6.45, 7) is 5.21. The van der Waals surface area contributed by atoms with Gasteiger partial charge < -0.3 is 21.1 Å². The summed E-state index contributed by atoms with van der Waals surface area (Å²) >= 11 is 0. The highest BCUT2D eigenvalue weighted by Gasteiger charge is 2.20. The molecule has 0 saturated heterocycles. The number of nitrogens with zero attached hydrogens (tertiary/aromatic N) is 2. The Morgan fingerprint density at radius 3 is 2.78 bits per heavy atom. The number of likely N-dealkylation sites (N-methyl/N-ethyl adjacent to an activating group) is 1. The van der Waals surface area contributed by atoms with Gasteiger partial charge in [-0.1, -0.05) is 0 Å². The number of carbonyl (C=O) groups is 1. The Balaban J connectivity index is 3.16. The first-order valence-corrected chi connectivity index (χ1v) is 5.82. The Morgan fingerprint density at radius 2 is 2.28 bits per heavy atom. The van der Waals surface area contributed by atoms with Crippen molar-refractivity contribution < 1.29 is 9.53 Å². The average Bonchev–Trinajstić information content (AvgIpc) is 2.32. The number of pyridine rings is 1. The van der Waals surface area contributed by atoms with Gasteiger partial charge in [0.25, 0.3) is 5.91 Å². The third kappa shape index (κ3) is 3.10. The molecule has 0 radical (unpaired) electrons. The van der Waals surface area contributed by atoms with Crippen molar-refractivity contribution in [3.63, 3.8) is 0 Å². The van der Waals surface area contributed by atoms with E-state index < -0.39 is 5.91 Å². The molecule has 1 aromatic rings. The van der Waals surface area contributed by atoms with Crippen LogP contribution in [0.1, 0.15) is 24.2 Å². The largest absolute Gasteiger partial charge is 0.397 e. The molecule has 0 aliphatic rings. The number of rotatable bonds is 6. The van der Waals surface area contributed by atoms with Crippen LogP contribution in [0.5, 0.6) is 0 Å². The maximum Gasteiger partial charge on any atom is 0.252 e. The molecular formula is C12H20N4O2. The monoisotopic (exact) mass is 252 g/mol. The molecule has 1 heterocycles. The van der Waals surface area contributed by atoms with Gasteiger partial charge in [-0.15, -0.1) is 0 Å². The fourth-order valence-corrected chi connectivity index (χ4v) is 1.89. The van der Waals surface area contributed by atoms with Crippen molar-refractivity contribution in [3.8, 4) is 0 Å². The number of hydrogen-bond donors (Lipinski definition) is 2. The Bertz CT molecular complexity index is 423. The van der Waals surface area contributed by atoms with E-state index in [0.29, 0.717) is 30.2 Å². The van der Waals surface area contributed by atoms with Crippen LogP contribution in [0.3, 0.4) is 0 Å². The van der Waals surface area contributed by atoms with Gasteiger partial charge in [0.2, 0.25) is 0 Å². The Hall–Kier alpha value is -1.82. The number of primary amides is 1. The van der Waals surface area contributed by atoms with E-state index >= 15 is 0 Å². The minimum Gasteiger partial charge on any atom is -0.397 e. The number of ether oxygens (including phenoxy) is 1. The molecule has 1 rings (SSSR count). The topological polar surface area (TPSA) is 94.5 Å². The molecule has 1 aromatic heterocycles. The number of carbonyl (C=O) groups excluding carboxylic acids is 1. The molecule has 0 spiro atoms. The third-order valence-electron chi connectivity index (χ3n) is 2.71. The highest BCUT2D eigenvalue weighted by molar-refractivity contribution is 5.98. The van der Waals surface area contributed by atoms with Crippen molar-refractivity contribution >= 4 is 17.4 Å². The second-order valence-electron chi connectivity index (χ2n) is 4.09. The summed E-state index contributed by atoms with van der Waals surface area (Å²) in [5, 5.41) is 0. The SMILES string of the molecule is CCN(c1ncc(N)cc1C(N)=O)C(C)COC. The van der Waals surface area contributed by atoms with Gasteiger partial charge in [-0.3, -0.25) is 4.79 Å². The number of nitrogen functional groups attached to an aromatic ring is 1. The van der Waals surface area contributed by atoms with Crippen molar-refractivity contribution in [2.24, 2.45) is 5.73 Å². The molecule has 4 N–H and O–H groups in total. The van der Waals surface area contributed by atoms with E-state index in [2.05, 4.69) is 4.98 Å². The van der Waals surface area contributed by atoms with Crippen LogP contribution in [0.2, 0.25) is 0 Å². The van der Waals surface area contributed by atoms with Crippen molar-refractivity contribution in [2.75, 3.05) is 30.9 Å². The summed E-state index contributed by atoms with van der Waals surface area (Å²) in [6, 6.07) is 1.64. The first-order chi connectivity index (χ1) is 8.51. The van der Waals surface area contributed by atoms with Crippen molar-refractivity contribution in [2.45, 2.75) is 19.9 Å². The van der Waals surface area contributed by atoms with Crippen molar-refractivity contribution in [1.29, 1.82) is 0 Å². The normalized spacial score (nSPS) is 12.2. The molecule has 1 unspecified atom stereocenters. The molecule has 0 bridgehead atoms. The second kappa shape index (κ2) is 6.20. The van der Waals surface area contributed by atoms with E-state index in [1.807, 2.05) is 18.7 Å². The predicted octanol–water partition coefficient (Wildman–Crippen LogP) is 0.624. The summed E-state index contributed by atoms with van der Waals surface area (Å²) in [6.07, 6.45) is 1.52. The van der Waals surface area contributed by atoms with Crippen LogP contribution < -0.4 is 16.4 Å². The lowest BCUT2D eigenvalue weighted by Crippen LogP contribution is -2.38. The summed E-state index contributed by atoms with van der Waals surface area (Å²) in [4.78, 5) is 17.6. The molecule has 18 heavy (non-hydrogen) atoms. The van der Waals surface area contributed by atoms with Gasteiger partial charge in [-0.05, 0) is 19.9 Å². The molecule has 0 saturated carbocycles. The van der Waals surface area contributed by atoms with Gasteiger partial charge >= 0.3 is 0 Å². The fraction of sp³-hybridized carbons (Fsp3) is 0.500. The Morgan fingerprint density at radius 1 is 1.61 bits per heavy atom. The molecule has 6 heteroatoms. The fourth-order valence-electron chi connectivity index (χ4n) is 1.89. The molecule has 0 aliphatic heterocycles. The summed E-state index contributed by atoms with van der Waals surface area (Å²) in [5.74, 6) is 0.0108. The van der Waals surface area contributed by atoms with Crippen LogP contribution in [-0.2, 0) is 4.74 Å². The van der Waals surface area contributed by atoms with Crippen LogP contribution in [0, 0.1) is 0 Å². The summed E-state index contributed by atoms with van der Waals surface area (Å²) in [7, 11) is 1.63. The molecule has 100 valence electrons. The number of hydrogen-bond acceptors (Lipinski definition) is 5. The van der Waals surface area contributed by atoms with Crippen LogP contribution >= 0.6 is 0 Å². The molecule has 0 aromatic carbocycles. The van der Waals surface area contributed by atoms with Crippen LogP contribution in [0.15, 0.2) is 12.3 Å². The Labute approximate surface area is 107 Å². The maximum absolute atomic E-state index is 11.4. The number of amides is 1. The van der Waals surface area contributed by atoms with E-state index in [1.165, 1.54) is 6.20 Å². The van der Waals surface area contributed by atoms with Crippen LogP contribution in [0.25, 0.3) is 0 Å². The molecular weight excluding hydrogens is 232 g/mol. The second-order valence-corrected chi connectivity index (χ2v) is 4.09. The minimum atomic E-state index is -0.534. The molecule has 1 atom stereocenters. The zero-order valence-electron chi connectivity index (χ0n) is 11.0. The van der Waals surface area contributed by atoms with E-state index in [-0.39, 0.29) is 6.04 Å². The van der Waals surface area contributed by atoms with Gasteiger partial charge in [0.05, 0.1) is 30.1 Å². The standard InChI is InChI=1S/C12H20N4O2/c1-4-16(8(2)7-18-3)12-10(11(14)17)5-9(13)6-15-12/h5-6,8H,4,7,13H2,1-3H3,(H2,14,17). The molecule has 0 aliphatic carbocycles. The molecule has 6 nitrogen and oxygen atoms in total. The van der Waals surface area contributed by atoms with Gasteiger partial charge in [0.15, 0.2) is 0 Å². The minimum absolute atomic E-state index is 0.0919. The number of methoxy groups -OCH3 is 1. The molecule has 0 fully saturated rings. The van der Waals surface area contributed by atoms with Gasteiger partial charge in [0, 0.05) is 13.7 Å². The first kappa shape index (κ1) is 14.2. The van der Waals surface area contributed by atoms with Crippen molar-refractivity contribution in [1.82, 2.24) is 4.98 Å². The Kier molecular flexibility index (Phi) is 4.91. The number of anilines is 2. The lowest BCUT2D eigenvalue weighted by molar-refractivity contribution is 0.1000. The van der Waals surface area contributed by atoms with E-state index in [9.17, 15) is 4.79 Å². The number of nitrogens with two attached hydrogens (primary N) is 2. The van der Waals surface area contributed by atoms with E-state index in [4.69, 9.17) is 16.2 Å². The quantitative estimate of drug-likeness (QED) is 0.774. The maximum atomic E-state index is 11.4. The summed E-state index contributed by atoms with van der Waals surface area (Å²) in [5.41, 5.74) is 11.7. The first-order valence-electron chi connectivity index (χ1n) is 5.82. The van der Waals surface area contributed by atoms with Gasteiger partial charge in [-0.25, -0.2) is 4.98 Å². The zero-order chi connectivity index (χ0) is 13.7. The highest BCUT2D eigenvalue weighted by atomic mass is 16.5.